The summed E-state index contributed by atoms with van der Waals surface area (Å²) in [7, 11) is 0. The molecule has 3 aromatic rings. The first-order chi connectivity index (χ1) is 17.9. The van der Waals surface area contributed by atoms with E-state index in [4.69, 9.17) is 0 Å². The monoisotopic (exact) mass is 498 g/mol. The summed E-state index contributed by atoms with van der Waals surface area (Å²) in [6, 6.07) is 10.8. The normalized spacial score (nSPS) is 20.3. The molecule has 1 saturated heterocycles. The first-order valence-corrected chi connectivity index (χ1v) is 12.2. The van der Waals surface area contributed by atoms with Gasteiger partial charge in [-0.15, -0.1) is 0 Å². The molecule has 4 amide bonds. The number of amides is 4. The van der Waals surface area contributed by atoms with Crippen molar-refractivity contribution in [3.8, 4) is 0 Å². The molecule has 6 rings (SSSR count). The molecule has 9 heteroatoms. The first-order valence-electron chi connectivity index (χ1n) is 12.2. The molecule has 1 atom stereocenters. The Morgan fingerprint density at radius 3 is 2.57 bits per heavy atom. The molecule has 1 fully saturated rings. The quantitative estimate of drug-likeness (QED) is 0.555. The third-order valence-electron chi connectivity index (χ3n) is 7.25. The average molecular weight is 499 g/mol. The van der Waals surface area contributed by atoms with Crippen molar-refractivity contribution in [1.29, 1.82) is 0 Å². The SMILES string of the molecule is O=C1CCC(N2C(=O)c3ccc(CN4CC=C(c5ccnc6cc(F)ccc56)CC4)cc3C2=O)C(=O)N1. The number of carbonyl (C=O) groups excluding carboxylic acids is 4. The molecule has 1 unspecified atom stereocenters. The minimum Gasteiger partial charge on any atom is -0.295 e. The Hall–Kier alpha value is -4.24. The standard InChI is InChI=1S/C28H23FN4O4/c29-18-2-4-20-19(7-10-30-23(20)14-18)17-8-11-32(12-9-17)15-16-1-3-21-22(13-16)28(37)33(27(21)36)24-5-6-25(34)31-26(24)35/h1-4,7-8,10,13-14,24H,5-6,9,11-12,15H2,(H,31,34,35). The molecule has 0 radical (unpaired) electrons. The number of fused-ring (bicyclic) bond motifs is 2. The number of imide groups is 2. The number of aromatic nitrogens is 1. The summed E-state index contributed by atoms with van der Waals surface area (Å²) in [5.41, 5.74) is 4.33. The van der Waals surface area contributed by atoms with Gasteiger partial charge in [0, 0.05) is 43.7 Å². The maximum absolute atomic E-state index is 13.6. The number of hydrogen-bond acceptors (Lipinski definition) is 6. The van der Waals surface area contributed by atoms with Gasteiger partial charge in [-0.25, -0.2) is 4.39 Å². The van der Waals surface area contributed by atoms with Gasteiger partial charge >= 0.3 is 0 Å². The maximum Gasteiger partial charge on any atom is 0.262 e. The molecule has 3 aliphatic heterocycles. The van der Waals surface area contributed by atoms with Crippen LogP contribution in [0.3, 0.4) is 0 Å². The van der Waals surface area contributed by atoms with E-state index in [1.165, 1.54) is 17.7 Å². The highest BCUT2D eigenvalue weighted by Crippen LogP contribution is 2.31. The minimum absolute atomic E-state index is 0.0890. The Bertz CT molecular complexity index is 1530. The van der Waals surface area contributed by atoms with Crippen LogP contribution < -0.4 is 5.32 Å². The zero-order valence-corrected chi connectivity index (χ0v) is 19.9. The maximum atomic E-state index is 13.6. The zero-order chi connectivity index (χ0) is 25.7. The van der Waals surface area contributed by atoms with Gasteiger partial charge in [0.05, 0.1) is 16.6 Å². The van der Waals surface area contributed by atoms with Gasteiger partial charge < -0.3 is 0 Å². The lowest BCUT2D eigenvalue weighted by Gasteiger charge is -2.27. The van der Waals surface area contributed by atoms with E-state index in [9.17, 15) is 23.6 Å². The van der Waals surface area contributed by atoms with Gasteiger partial charge in [-0.1, -0.05) is 12.1 Å². The van der Waals surface area contributed by atoms with Crippen LogP contribution in [0.25, 0.3) is 16.5 Å². The lowest BCUT2D eigenvalue weighted by molar-refractivity contribution is -0.136. The van der Waals surface area contributed by atoms with Crippen LogP contribution in [-0.4, -0.2) is 57.5 Å². The van der Waals surface area contributed by atoms with Crippen molar-refractivity contribution in [3.05, 3.63) is 82.8 Å². The first kappa shape index (κ1) is 23.2. The molecule has 4 heterocycles. The van der Waals surface area contributed by atoms with Gasteiger partial charge in [-0.3, -0.25) is 39.3 Å². The predicted octanol–water partition coefficient (Wildman–Crippen LogP) is 3.06. The summed E-state index contributed by atoms with van der Waals surface area (Å²) in [5.74, 6) is -2.33. The fourth-order valence-corrected chi connectivity index (χ4v) is 5.38. The van der Waals surface area contributed by atoms with Crippen molar-refractivity contribution in [2.24, 2.45) is 0 Å². The van der Waals surface area contributed by atoms with Crippen LogP contribution in [0.15, 0.2) is 54.7 Å². The Labute approximate surface area is 211 Å². The molecule has 0 aliphatic carbocycles. The molecule has 0 bridgehead atoms. The molecule has 1 N–H and O–H groups in total. The van der Waals surface area contributed by atoms with E-state index in [0.717, 1.165) is 34.4 Å². The van der Waals surface area contributed by atoms with E-state index in [0.29, 0.717) is 18.6 Å². The van der Waals surface area contributed by atoms with Crippen molar-refractivity contribution in [2.75, 3.05) is 13.1 Å². The van der Waals surface area contributed by atoms with Gasteiger partial charge in [0.25, 0.3) is 11.8 Å². The molecule has 2 aromatic carbocycles. The van der Waals surface area contributed by atoms with Crippen LogP contribution >= 0.6 is 0 Å². The summed E-state index contributed by atoms with van der Waals surface area (Å²) in [6.07, 6.45) is 4.89. The van der Waals surface area contributed by atoms with Gasteiger partial charge in [0.15, 0.2) is 0 Å². The van der Waals surface area contributed by atoms with E-state index >= 15 is 0 Å². The number of hydrogen-bond donors (Lipinski definition) is 1. The molecule has 8 nitrogen and oxygen atoms in total. The molecular weight excluding hydrogens is 475 g/mol. The Balaban J connectivity index is 1.18. The van der Waals surface area contributed by atoms with Gasteiger partial charge in [-0.2, -0.15) is 0 Å². The van der Waals surface area contributed by atoms with E-state index in [2.05, 4.69) is 21.3 Å². The van der Waals surface area contributed by atoms with Crippen molar-refractivity contribution >= 4 is 40.1 Å². The lowest BCUT2D eigenvalue weighted by atomic mass is 9.96. The number of rotatable bonds is 4. The third-order valence-corrected chi connectivity index (χ3v) is 7.25. The van der Waals surface area contributed by atoms with Crippen molar-refractivity contribution in [3.63, 3.8) is 0 Å². The van der Waals surface area contributed by atoms with E-state index in [1.807, 2.05) is 12.1 Å². The Morgan fingerprint density at radius 1 is 0.946 bits per heavy atom. The third kappa shape index (κ3) is 4.11. The van der Waals surface area contributed by atoms with Crippen LogP contribution in [0.1, 0.15) is 51.1 Å². The Kier molecular flexibility index (Phi) is 5.64. The smallest absolute Gasteiger partial charge is 0.262 e. The van der Waals surface area contributed by atoms with Crippen molar-refractivity contribution in [2.45, 2.75) is 31.8 Å². The number of nitrogens with one attached hydrogen (secondary N) is 1. The van der Waals surface area contributed by atoms with E-state index in [1.54, 1.807) is 24.4 Å². The highest BCUT2D eigenvalue weighted by molar-refractivity contribution is 6.23. The topological polar surface area (TPSA) is 99.7 Å². The van der Waals surface area contributed by atoms with E-state index < -0.39 is 29.7 Å². The molecular formula is C28H23FN4O4. The van der Waals surface area contributed by atoms with Crippen LogP contribution in [0.4, 0.5) is 4.39 Å². The van der Waals surface area contributed by atoms with Crippen LogP contribution in [0.5, 0.6) is 0 Å². The van der Waals surface area contributed by atoms with Crippen molar-refractivity contribution < 1.29 is 23.6 Å². The molecule has 0 spiro atoms. The van der Waals surface area contributed by atoms with Gasteiger partial charge in [-0.05, 0) is 59.9 Å². The summed E-state index contributed by atoms with van der Waals surface area (Å²) < 4.78 is 13.6. The molecule has 186 valence electrons. The summed E-state index contributed by atoms with van der Waals surface area (Å²) in [5, 5.41) is 3.13. The molecule has 0 saturated carbocycles. The lowest BCUT2D eigenvalue weighted by Crippen LogP contribution is -2.54. The number of halogens is 1. The summed E-state index contributed by atoms with van der Waals surface area (Å²) in [4.78, 5) is 57.3. The van der Waals surface area contributed by atoms with Crippen LogP contribution in [-0.2, 0) is 16.1 Å². The van der Waals surface area contributed by atoms with Crippen LogP contribution in [0, 0.1) is 5.82 Å². The number of nitrogens with zero attached hydrogens (tertiary/aromatic N) is 3. The van der Waals surface area contributed by atoms with Gasteiger partial charge in [0.1, 0.15) is 11.9 Å². The second-order valence-corrected chi connectivity index (χ2v) is 9.56. The second-order valence-electron chi connectivity index (χ2n) is 9.56. The van der Waals surface area contributed by atoms with Crippen molar-refractivity contribution in [1.82, 2.24) is 20.1 Å². The van der Waals surface area contributed by atoms with E-state index in [-0.39, 0.29) is 29.8 Å². The highest BCUT2D eigenvalue weighted by Gasteiger charge is 2.44. The Morgan fingerprint density at radius 2 is 1.78 bits per heavy atom. The summed E-state index contributed by atoms with van der Waals surface area (Å²) in [6.45, 7) is 2.09. The summed E-state index contributed by atoms with van der Waals surface area (Å²) >= 11 is 0. The zero-order valence-electron chi connectivity index (χ0n) is 19.9. The predicted molar refractivity (Wildman–Crippen MR) is 133 cm³/mol. The average Bonchev–Trinajstić information content (AvgIpc) is 3.13. The van der Waals surface area contributed by atoms with Crippen LogP contribution in [0.2, 0.25) is 0 Å². The molecule has 3 aliphatic rings. The fraction of sp³-hybridized carbons (Fsp3) is 0.250. The molecule has 37 heavy (non-hydrogen) atoms. The fourth-order valence-electron chi connectivity index (χ4n) is 5.38. The van der Waals surface area contributed by atoms with Gasteiger partial charge in [0.2, 0.25) is 11.8 Å². The number of piperidine rings is 1. The number of benzene rings is 2. The number of pyridine rings is 1. The largest absolute Gasteiger partial charge is 0.295 e. The molecule has 1 aromatic heterocycles. The second kappa shape index (κ2) is 9.01. The highest BCUT2D eigenvalue weighted by atomic mass is 19.1. The number of carbonyl (C=O) groups is 4. The minimum atomic E-state index is -0.972.